The quantitative estimate of drug-likeness (QED) is 0.564. The van der Waals surface area contributed by atoms with Gasteiger partial charge in [0.05, 0.1) is 0 Å². The summed E-state index contributed by atoms with van der Waals surface area (Å²) < 4.78 is 0. The molecule has 0 radical (unpaired) electrons. The van der Waals surface area contributed by atoms with E-state index in [2.05, 4.69) is 50.2 Å². The Bertz CT molecular complexity index is 550. The van der Waals surface area contributed by atoms with Crippen molar-refractivity contribution < 1.29 is 0 Å². The van der Waals surface area contributed by atoms with Crippen LogP contribution < -0.4 is 0 Å². The minimum absolute atomic E-state index is 1.11. The fourth-order valence-electron chi connectivity index (χ4n) is 2.72. The van der Waals surface area contributed by atoms with E-state index >= 15 is 0 Å². The van der Waals surface area contributed by atoms with Crippen molar-refractivity contribution in [3.05, 3.63) is 58.7 Å². The fourth-order valence-corrected chi connectivity index (χ4v) is 2.72. The van der Waals surface area contributed by atoms with Gasteiger partial charge in [-0.3, -0.25) is 0 Å². The van der Waals surface area contributed by atoms with Crippen molar-refractivity contribution in [2.45, 2.75) is 26.7 Å². The Hall–Kier alpha value is -1.56. The average molecular weight is 208 g/mol. The highest BCUT2D eigenvalue weighted by molar-refractivity contribution is 5.79. The summed E-state index contributed by atoms with van der Waals surface area (Å²) in [7, 11) is 0. The molecule has 0 amide bonds. The zero-order valence-electron chi connectivity index (χ0n) is 9.88. The molecule has 0 heteroatoms. The maximum absolute atomic E-state index is 2.37. The Morgan fingerprint density at radius 1 is 1.06 bits per heavy atom. The van der Waals surface area contributed by atoms with Gasteiger partial charge in [0, 0.05) is 0 Å². The maximum Gasteiger partial charge on any atom is -0.00133 e. The predicted octanol–water partition coefficient (Wildman–Crippen LogP) is 4.13. The fraction of sp³-hybridized carbons (Fsp3) is 0.250. The monoisotopic (exact) mass is 208 g/mol. The summed E-state index contributed by atoms with van der Waals surface area (Å²) in [5.74, 6) is 0. The van der Waals surface area contributed by atoms with Gasteiger partial charge in [-0.05, 0) is 53.1 Å². The van der Waals surface area contributed by atoms with Crippen LogP contribution >= 0.6 is 0 Å². The smallest absolute Gasteiger partial charge is 0.00133 e. The maximum atomic E-state index is 2.37. The van der Waals surface area contributed by atoms with Gasteiger partial charge in [0.25, 0.3) is 0 Å². The SMILES string of the molecule is CCc1ccc2c(c1)Cc1cccc(C)c1-2. The molecule has 2 aromatic carbocycles. The highest BCUT2D eigenvalue weighted by Gasteiger charge is 2.19. The topological polar surface area (TPSA) is 0 Å². The van der Waals surface area contributed by atoms with Crippen molar-refractivity contribution in [3.8, 4) is 11.1 Å². The van der Waals surface area contributed by atoms with Gasteiger partial charge < -0.3 is 0 Å². The number of benzene rings is 2. The lowest BCUT2D eigenvalue weighted by Gasteiger charge is -2.05. The van der Waals surface area contributed by atoms with Gasteiger partial charge in [0.2, 0.25) is 0 Å². The molecule has 0 aromatic heterocycles. The lowest BCUT2D eigenvalue weighted by atomic mass is 9.99. The summed E-state index contributed by atoms with van der Waals surface area (Å²) in [5.41, 5.74) is 8.77. The van der Waals surface area contributed by atoms with E-state index < -0.39 is 0 Å². The molecular formula is C16H16. The van der Waals surface area contributed by atoms with Crippen molar-refractivity contribution in [2.24, 2.45) is 0 Å². The number of aryl methyl sites for hydroxylation is 2. The van der Waals surface area contributed by atoms with E-state index in [0.717, 1.165) is 12.8 Å². The van der Waals surface area contributed by atoms with Gasteiger partial charge in [-0.15, -0.1) is 0 Å². The molecule has 0 spiro atoms. The standard InChI is InChI=1S/C16H16/c1-3-12-7-8-15-14(9-12)10-13-6-4-5-11(2)16(13)15/h4-9H,3,10H2,1-2H3. The van der Waals surface area contributed by atoms with Crippen molar-refractivity contribution in [1.29, 1.82) is 0 Å². The van der Waals surface area contributed by atoms with Crippen molar-refractivity contribution in [3.63, 3.8) is 0 Å². The Labute approximate surface area is 96.9 Å². The highest BCUT2D eigenvalue weighted by Crippen LogP contribution is 2.38. The molecule has 0 saturated heterocycles. The van der Waals surface area contributed by atoms with Crippen LogP contribution in [0.15, 0.2) is 36.4 Å². The number of hydrogen-bond acceptors (Lipinski definition) is 0. The van der Waals surface area contributed by atoms with Gasteiger partial charge in [0.1, 0.15) is 0 Å². The van der Waals surface area contributed by atoms with Gasteiger partial charge in [0.15, 0.2) is 0 Å². The Morgan fingerprint density at radius 3 is 2.75 bits per heavy atom. The molecule has 0 N–H and O–H groups in total. The first kappa shape index (κ1) is 9.65. The van der Waals surface area contributed by atoms with Crippen LogP contribution in [0.2, 0.25) is 0 Å². The van der Waals surface area contributed by atoms with E-state index in [4.69, 9.17) is 0 Å². The molecule has 1 aliphatic rings. The molecule has 0 unspecified atom stereocenters. The first-order valence-corrected chi connectivity index (χ1v) is 6.00. The van der Waals surface area contributed by atoms with Gasteiger partial charge in [-0.25, -0.2) is 0 Å². The molecule has 0 saturated carbocycles. The molecule has 80 valence electrons. The molecule has 0 aliphatic heterocycles. The van der Waals surface area contributed by atoms with Gasteiger partial charge in [-0.2, -0.15) is 0 Å². The van der Waals surface area contributed by atoms with Crippen LogP contribution in [0.1, 0.15) is 29.2 Å². The minimum Gasteiger partial charge on any atom is -0.0617 e. The average Bonchev–Trinajstić information content (AvgIpc) is 2.67. The lowest BCUT2D eigenvalue weighted by molar-refractivity contribution is 1.12. The van der Waals surface area contributed by atoms with Crippen LogP contribution in [0.5, 0.6) is 0 Å². The van der Waals surface area contributed by atoms with Crippen LogP contribution in [0.25, 0.3) is 11.1 Å². The zero-order chi connectivity index (χ0) is 11.1. The number of hydrogen-bond donors (Lipinski definition) is 0. The van der Waals surface area contributed by atoms with E-state index in [-0.39, 0.29) is 0 Å². The van der Waals surface area contributed by atoms with E-state index in [1.165, 1.54) is 33.4 Å². The Morgan fingerprint density at radius 2 is 1.94 bits per heavy atom. The minimum atomic E-state index is 1.11. The molecule has 0 atom stereocenters. The van der Waals surface area contributed by atoms with E-state index in [0.29, 0.717) is 0 Å². The van der Waals surface area contributed by atoms with Crippen LogP contribution in [0, 0.1) is 6.92 Å². The second-order valence-electron chi connectivity index (χ2n) is 4.63. The number of fused-ring (bicyclic) bond motifs is 3. The van der Waals surface area contributed by atoms with E-state index in [1.54, 1.807) is 0 Å². The molecule has 0 nitrogen and oxygen atoms in total. The van der Waals surface area contributed by atoms with Crippen LogP contribution in [0.3, 0.4) is 0 Å². The van der Waals surface area contributed by atoms with Gasteiger partial charge >= 0.3 is 0 Å². The molecule has 0 fully saturated rings. The van der Waals surface area contributed by atoms with Crippen molar-refractivity contribution in [1.82, 2.24) is 0 Å². The summed E-state index contributed by atoms with van der Waals surface area (Å²) in [4.78, 5) is 0. The van der Waals surface area contributed by atoms with E-state index in [1.807, 2.05) is 0 Å². The van der Waals surface area contributed by atoms with Crippen molar-refractivity contribution in [2.75, 3.05) is 0 Å². The molecule has 3 rings (SSSR count). The van der Waals surface area contributed by atoms with Gasteiger partial charge in [-0.1, -0.05) is 43.3 Å². The van der Waals surface area contributed by atoms with E-state index in [9.17, 15) is 0 Å². The summed E-state index contributed by atoms with van der Waals surface area (Å²) >= 11 is 0. The third-order valence-electron chi connectivity index (χ3n) is 3.59. The molecule has 0 bridgehead atoms. The third-order valence-corrected chi connectivity index (χ3v) is 3.59. The molecule has 16 heavy (non-hydrogen) atoms. The normalized spacial score (nSPS) is 12.4. The second kappa shape index (κ2) is 3.48. The first-order valence-electron chi connectivity index (χ1n) is 6.00. The largest absolute Gasteiger partial charge is 0.0617 e. The molecule has 1 aliphatic carbocycles. The van der Waals surface area contributed by atoms with Crippen LogP contribution in [0.4, 0.5) is 0 Å². The van der Waals surface area contributed by atoms with Crippen LogP contribution in [-0.4, -0.2) is 0 Å². The Kier molecular flexibility index (Phi) is 2.10. The summed E-state index contributed by atoms with van der Waals surface area (Å²) in [6.45, 7) is 4.43. The van der Waals surface area contributed by atoms with Crippen molar-refractivity contribution >= 4 is 0 Å². The second-order valence-corrected chi connectivity index (χ2v) is 4.63. The third kappa shape index (κ3) is 1.30. The summed E-state index contributed by atoms with van der Waals surface area (Å²) in [6.07, 6.45) is 2.24. The Balaban J connectivity index is 2.22. The first-order chi connectivity index (χ1) is 7.79. The summed E-state index contributed by atoms with van der Waals surface area (Å²) in [6, 6.07) is 13.6. The highest BCUT2D eigenvalue weighted by atomic mass is 14.2. The number of rotatable bonds is 1. The zero-order valence-corrected chi connectivity index (χ0v) is 9.88. The molecule has 2 aromatic rings. The lowest BCUT2D eigenvalue weighted by Crippen LogP contribution is -1.85. The molecule has 0 heterocycles. The summed E-state index contributed by atoms with van der Waals surface area (Å²) in [5, 5.41) is 0. The predicted molar refractivity (Wildman–Crippen MR) is 68.8 cm³/mol. The van der Waals surface area contributed by atoms with Crippen LogP contribution in [-0.2, 0) is 12.8 Å². The molecular weight excluding hydrogens is 192 g/mol.